The molecule has 1 aromatic carbocycles. The largest absolute Gasteiger partial charge is 0.494 e. The molecule has 9 nitrogen and oxygen atoms in total. The van der Waals surface area contributed by atoms with Crippen molar-refractivity contribution in [2.45, 2.75) is 108 Å². The van der Waals surface area contributed by atoms with Gasteiger partial charge in [-0.05, 0) is 69.2 Å². The molecule has 5 rings (SSSR count). The van der Waals surface area contributed by atoms with Gasteiger partial charge in [-0.25, -0.2) is 0 Å². The van der Waals surface area contributed by atoms with Crippen molar-refractivity contribution in [1.82, 2.24) is 10.2 Å². The van der Waals surface area contributed by atoms with Gasteiger partial charge in [0.25, 0.3) is 0 Å². The van der Waals surface area contributed by atoms with Gasteiger partial charge < -0.3 is 30.1 Å². The summed E-state index contributed by atoms with van der Waals surface area (Å²) < 4.78 is 12.4. The third kappa shape index (κ3) is 4.69. The van der Waals surface area contributed by atoms with Crippen LogP contribution in [0.15, 0.2) is 24.3 Å². The maximum atomic E-state index is 14.4. The summed E-state index contributed by atoms with van der Waals surface area (Å²) in [6.45, 7) is 8.07. The van der Waals surface area contributed by atoms with Crippen molar-refractivity contribution < 1.29 is 29.0 Å². The first kappa shape index (κ1) is 28.9. The zero-order valence-corrected chi connectivity index (χ0v) is 24.3. The van der Waals surface area contributed by atoms with Gasteiger partial charge >= 0.3 is 0 Å². The molecule has 0 aromatic heterocycles. The van der Waals surface area contributed by atoms with Gasteiger partial charge in [0.15, 0.2) is 0 Å². The highest BCUT2D eigenvalue weighted by Crippen LogP contribution is 2.64. The number of fused-ring (bicyclic) bond motifs is 1. The second kappa shape index (κ2) is 11.3. The van der Waals surface area contributed by atoms with Crippen LogP contribution in [0, 0.1) is 17.8 Å². The molecule has 9 heteroatoms. The molecule has 2 unspecified atom stereocenters. The standard InChI is InChI=1S/C31H45N3O6/c1-5-30-16-17-31(40-30)25(24(30)27(36)32-21-12-14-22(15-13-21)39-6-2)29(38)34(23(18-35)19(3)4)26(31)28(37)33-20-10-8-7-9-11-20/h12-15,19-20,23-26,35H,5-11,16-18H2,1-4H3,(H,32,36)(H,33,37)/t23-,24-,25-,26?,30+,31?/m0/s1. The Morgan fingerprint density at radius 3 is 2.40 bits per heavy atom. The maximum Gasteiger partial charge on any atom is 0.246 e. The van der Waals surface area contributed by atoms with E-state index in [1.807, 2.05) is 27.7 Å². The van der Waals surface area contributed by atoms with E-state index >= 15 is 0 Å². The Morgan fingerprint density at radius 2 is 1.80 bits per heavy atom. The van der Waals surface area contributed by atoms with Crippen LogP contribution in [0.5, 0.6) is 5.75 Å². The van der Waals surface area contributed by atoms with Crippen molar-refractivity contribution >= 4 is 23.4 Å². The molecule has 220 valence electrons. The van der Waals surface area contributed by atoms with Gasteiger partial charge in [0, 0.05) is 11.7 Å². The maximum absolute atomic E-state index is 14.4. The summed E-state index contributed by atoms with van der Waals surface area (Å²) in [4.78, 5) is 44.1. The lowest BCUT2D eigenvalue weighted by Gasteiger charge is -2.39. The normalized spacial score (nSPS) is 32.3. The summed E-state index contributed by atoms with van der Waals surface area (Å²) in [5, 5.41) is 16.7. The molecule has 4 fully saturated rings. The van der Waals surface area contributed by atoms with Crippen LogP contribution < -0.4 is 15.4 Å². The van der Waals surface area contributed by atoms with Gasteiger partial charge in [0.2, 0.25) is 17.7 Å². The number of amides is 3. The number of anilines is 1. The zero-order valence-electron chi connectivity index (χ0n) is 24.3. The highest BCUT2D eigenvalue weighted by molar-refractivity contribution is 6.02. The smallest absolute Gasteiger partial charge is 0.246 e. The second-order valence-corrected chi connectivity index (χ2v) is 12.4. The summed E-state index contributed by atoms with van der Waals surface area (Å²) in [5.74, 6) is -1.66. The molecule has 6 atom stereocenters. The molecule has 1 aliphatic carbocycles. The number of hydrogen-bond acceptors (Lipinski definition) is 6. The summed E-state index contributed by atoms with van der Waals surface area (Å²) in [7, 11) is 0. The number of carbonyl (C=O) groups excluding carboxylic acids is 3. The van der Waals surface area contributed by atoms with E-state index in [1.165, 1.54) is 6.42 Å². The molecule has 3 amide bonds. The fraction of sp³-hybridized carbons (Fsp3) is 0.710. The first-order valence-electron chi connectivity index (χ1n) is 15.2. The van der Waals surface area contributed by atoms with Crippen LogP contribution in [0.4, 0.5) is 5.69 Å². The van der Waals surface area contributed by atoms with Crippen molar-refractivity contribution in [1.29, 1.82) is 0 Å². The molecular formula is C31H45N3O6. The van der Waals surface area contributed by atoms with Crippen LogP contribution in [0.1, 0.15) is 79.1 Å². The molecule has 3 aliphatic heterocycles. The molecule has 0 radical (unpaired) electrons. The monoisotopic (exact) mass is 555 g/mol. The number of hydrogen-bond donors (Lipinski definition) is 3. The van der Waals surface area contributed by atoms with Crippen molar-refractivity contribution in [3.8, 4) is 5.75 Å². The Hall–Kier alpha value is -2.65. The number of nitrogens with zero attached hydrogens (tertiary/aromatic N) is 1. The highest BCUT2D eigenvalue weighted by atomic mass is 16.5. The summed E-state index contributed by atoms with van der Waals surface area (Å²) in [6, 6.07) is 5.81. The lowest BCUT2D eigenvalue weighted by Crippen LogP contribution is -2.60. The predicted molar refractivity (Wildman–Crippen MR) is 151 cm³/mol. The number of rotatable bonds is 10. The summed E-state index contributed by atoms with van der Waals surface area (Å²) >= 11 is 0. The molecule has 1 saturated carbocycles. The lowest BCUT2D eigenvalue weighted by atomic mass is 9.65. The summed E-state index contributed by atoms with van der Waals surface area (Å²) in [5.41, 5.74) is -1.31. The van der Waals surface area contributed by atoms with E-state index in [9.17, 15) is 19.5 Å². The third-order valence-electron chi connectivity index (χ3n) is 9.85. The van der Waals surface area contributed by atoms with Crippen molar-refractivity contribution in [2.24, 2.45) is 17.8 Å². The van der Waals surface area contributed by atoms with E-state index in [-0.39, 0.29) is 36.3 Å². The Morgan fingerprint density at radius 1 is 1.10 bits per heavy atom. The fourth-order valence-electron chi connectivity index (χ4n) is 7.88. The van der Waals surface area contributed by atoms with E-state index < -0.39 is 35.1 Å². The third-order valence-corrected chi connectivity index (χ3v) is 9.85. The van der Waals surface area contributed by atoms with E-state index in [0.29, 0.717) is 37.3 Å². The highest BCUT2D eigenvalue weighted by Gasteiger charge is 2.79. The van der Waals surface area contributed by atoms with Crippen molar-refractivity contribution in [2.75, 3.05) is 18.5 Å². The molecule has 2 bridgehead atoms. The predicted octanol–water partition coefficient (Wildman–Crippen LogP) is 3.64. The van der Waals surface area contributed by atoms with Gasteiger partial charge in [0.05, 0.1) is 36.7 Å². The first-order valence-corrected chi connectivity index (χ1v) is 15.2. The van der Waals surface area contributed by atoms with Crippen LogP contribution >= 0.6 is 0 Å². The quantitative estimate of drug-likeness (QED) is 0.406. The average molecular weight is 556 g/mol. The topological polar surface area (TPSA) is 117 Å². The lowest BCUT2D eigenvalue weighted by molar-refractivity contribution is -0.151. The number of nitrogens with one attached hydrogen (secondary N) is 2. The zero-order chi connectivity index (χ0) is 28.7. The molecular weight excluding hydrogens is 510 g/mol. The Labute approximate surface area is 237 Å². The Kier molecular flexibility index (Phi) is 8.17. The fourth-order valence-corrected chi connectivity index (χ4v) is 7.88. The van der Waals surface area contributed by atoms with Crippen LogP contribution in [0.25, 0.3) is 0 Å². The van der Waals surface area contributed by atoms with Crippen LogP contribution in [-0.4, -0.2) is 70.3 Å². The van der Waals surface area contributed by atoms with Gasteiger partial charge in [-0.2, -0.15) is 0 Å². The number of likely N-dealkylation sites (tertiary alicyclic amines) is 1. The van der Waals surface area contributed by atoms with Crippen LogP contribution in [0.2, 0.25) is 0 Å². The Balaban J connectivity index is 1.49. The molecule has 1 aromatic rings. The number of ether oxygens (including phenoxy) is 2. The minimum atomic E-state index is -1.10. The second-order valence-electron chi connectivity index (χ2n) is 12.4. The number of aliphatic hydroxyl groups excluding tert-OH is 1. The van der Waals surface area contributed by atoms with E-state index in [0.717, 1.165) is 25.7 Å². The molecule has 4 aliphatic rings. The number of aliphatic hydroxyl groups is 1. The number of benzene rings is 1. The van der Waals surface area contributed by atoms with Crippen molar-refractivity contribution in [3.05, 3.63) is 24.3 Å². The van der Waals surface area contributed by atoms with E-state index in [1.54, 1.807) is 29.2 Å². The first-order chi connectivity index (χ1) is 19.2. The minimum absolute atomic E-state index is 0.0674. The molecule has 40 heavy (non-hydrogen) atoms. The summed E-state index contributed by atoms with van der Waals surface area (Å²) in [6.07, 6.45) is 6.83. The van der Waals surface area contributed by atoms with Gasteiger partial charge in [0.1, 0.15) is 17.4 Å². The van der Waals surface area contributed by atoms with Gasteiger partial charge in [-0.3, -0.25) is 14.4 Å². The molecule has 3 heterocycles. The minimum Gasteiger partial charge on any atom is -0.494 e. The van der Waals surface area contributed by atoms with Crippen LogP contribution in [-0.2, 0) is 19.1 Å². The van der Waals surface area contributed by atoms with Crippen LogP contribution in [0.3, 0.4) is 0 Å². The average Bonchev–Trinajstić information content (AvgIpc) is 3.54. The molecule has 1 spiro atoms. The van der Waals surface area contributed by atoms with E-state index in [4.69, 9.17) is 9.47 Å². The number of carbonyl (C=O) groups is 3. The Bertz CT molecular complexity index is 1100. The van der Waals surface area contributed by atoms with Gasteiger partial charge in [-0.1, -0.05) is 40.0 Å². The molecule has 3 saturated heterocycles. The van der Waals surface area contributed by atoms with E-state index in [2.05, 4.69) is 10.6 Å². The van der Waals surface area contributed by atoms with Crippen molar-refractivity contribution in [3.63, 3.8) is 0 Å². The molecule has 3 N–H and O–H groups in total. The van der Waals surface area contributed by atoms with Gasteiger partial charge in [-0.15, -0.1) is 0 Å². The SMILES string of the molecule is CCOc1ccc(NC(=O)[C@@H]2[C@H]3C(=O)N([C@@H](CO)C(C)C)C(C(=O)NC4CCCCC4)C34CC[C@@]2(CC)O4)cc1.